The molecule has 0 aromatic carbocycles. The summed E-state index contributed by atoms with van der Waals surface area (Å²) in [6.07, 6.45) is 0.158. The number of carbonyl (C=O) groups excluding carboxylic acids is 1. The Labute approximate surface area is 439 Å². The molecule has 0 saturated carbocycles. The Hall–Kier alpha value is -1.69. The molecule has 0 radical (unpaired) electrons. The second kappa shape index (κ2) is 17.9. The Kier molecular flexibility index (Phi) is 12.0. The molecule has 0 aliphatic carbocycles. The lowest BCUT2D eigenvalue weighted by atomic mass is 9.79. The van der Waals surface area contributed by atoms with Gasteiger partial charge in [-0.3, -0.25) is 4.79 Å². The fourth-order valence-electron chi connectivity index (χ4n) is 17.6. The van der Waals surface area contributed by atoms with Crippen molar-refractivity contribution in [3.8, 4) is 0 Å². The summed E-state index contributed by atoms with van der Waals surface area (Å²) < 4.78 is 102. The number of aliphatic hydroxyl groups excluding tert-OH is 1. The van der Waals surface area contributed by atoms with Gasteiger partial charge >= 0.3 is 5.97 Å². The van der Waals surface area contributed by atoms with E-state index in [-0.39, 0.29) is 110 Å². The monoisotopic (exact) mass is 1050 g/mol. The maximum absolute atomic E-state index is 14.5. The van der Waals surface area contributed by atoms with Crippen molar-refractivity contribution < 1.29 is 86.1 Å². The van der Waals surface area contributed by atoms with Gasteiger partial charge in [0.05, 0.1) is 104 Å². The Morgan fingerprint density at radius 3 is 2.07 bits per heavy atom. The van der Waals surface area contributed by atoms with Crippen LogP contribution in [0.25, 0.3) is 0 Å². The highest BCUT2D eigenvalue weighted by Gasteiger charge is 2.79. The fourth-order valence-corrected chi connectivity index (χ4v) is 17.6. The van der Waals surface area contributed by atoms with E-state index in [4.69, 9.17) is 71.1 Å². The molecule has 416 valence electrons. The van der Waals surface area contributed by atoms with E-state index in [1.807, 2.05) is 0 Å². The number of ether oxygens (including phenoxy) is 15. The van der Waals surface area contributed by atoms with Gasteiger partial charge in [0.15, 0.2) is 17.7 Å². The van der Waals surface area contributed by atoms with Crippen molar-refractivity contribution in [2.75, 3.05) is 0 Å². The van der Waals surface area contributed by atoms with Crippen LogP contribution in [0.5, 0.6) is 0 Å². The van der Waals surface area contributed by atoms with Crippen molar-refractivity contribution in [3.05, 3.63) is 24.3 Å². The summed E-state index contributed by atoms with van der Waals surface area (Å²) in [6.45, 7) is 20.0. The van der Waals surface area contributed by atoms with Gasteiger partial charge in [-0.15, -0.1) is 0 Å². The fraction of sp³-hybridized carbons (Fsp3) is 0.912. The van der Waals surface area contributed by atoms with Crippen LogP contribution in [0.3, 0.4) is 0 Å². The van der Waals surface area contributed by atoms with Crippen molar-refractivity contribution in [2.45, 2.75) is 301 Å². The highest BCUT2D eigenvalue weighted by molar-refractivity contribution is 5.70. The molecule has 18 heteroatoms. The number of carbonyl (C=O) groups is 1. The smallest absolute Gasteiger partial charge is 0.308 e. The molecule has 18 nitrogen and oxygen atoms in total. The topological polar surface area (TPSA) is 196 Å². The number of fused-ring (bicyclic) bond motifs is 10. The third-order valence-corrected chi connectivity index (χ3v) is 21.2. The van der Waals surface area contributed by atoms with E-state index in [0.29, 0.717) is 57.3 Å². The lowest BCUT2D eigenvalue weighted by Gasteiger charge is -2.51. The van der Waals surface area contributed by atoms with Crippen molar-refractivity contribution in [1.29, 1.82) is 0 Å². The summed E-state index contributed by atoms with van der Waals surface area (Å²) in [5, 5.41) is 23.8. The molecular weight excluding hydrogens is 973 g/mol. The molecule has 16 saturated heterocycles. The van der Waals surface area contributed by atoms with Crippen molar-refractivity contribution in [3.63, 3.8) is 0 Å². The molecule has 16 aliphatic rings. The first-order valence-corrected chi connectivity index (χ1v) is 29.2. The van der Waals surface area contributed by atoms with Gasteiger partial charge in [0.2, 0.25) is 11.6 Å². The highest BCUT2D eigenvalue weighted by Crippen LogP contribution is 2.59. The maximum atomic E-state index is 14.5. The van der Waals surface area contributed by atoms with E-state index in [1.54, 1.807) is 0 Å². The molecule has 31 atom stereocenters. The third kappa shape index (κ3) is 8.01. The normalized spacial score (nSPS) is 60.7. The van der Waals surface area contributed by atoms with E-state index in [0.717, 1.165) is 49.7 Å². The number of hydrogen-bond donors (Lipinski definition) is 2. The molecule has 3 spiro atoms. The first-order chi connectivity index (χ1) is 35.9. The molecule has 6 unspecified atom stereocenters. The number of hydrogen-bond acceptors (Lipinski definition) is 18. The predicted octanol–water partition coefficient (Wildman–Crippen LogP) is 5.13. The summed E-state index contributed by atoms with van der Waals surface area (Å²) in [4.78, 5) is 14.5. The minimum Gasteiger partial charge on any atom is -0.459 e. The molecule has 16 fully saturated rings. The zero-order chi connectivity index (χ0) is 51.2. The van der Waals surface area contributed by atoms with Gasteiger partial charge < -0.3 is 81.3 Å². The van der Waals surface area contributed by atoms with Gasteiger partial charge in [-0.25, -0.2) is 0 Å². The van der Waals surface area contributed by atoms with Gasteiger partial charge in [-0.1, -0.05) is 40.9 Å². The van der Waals surface area contributed by atoms with Crippen LogP contribution in [0.4, 0.5) is 0 Å². The molecule has 2 N–H and O–H groups in total. The molecule has 0 aromatic heterocycles. The Morgan fingerprint density at radius 2 is 1.21 bits per heavy atom. The molecule has 16 heterocycles. The quantitative estimate of drug-likeness (QED) is 0.239. The van der Waals surface area contributed by atoms with E-state index in [9.17, 15) is 15.0 Å². The van der Waals surface area contributed by atoms with Crippen LogP contribution in [-0.2, 0) is 75.8 Å². The standard InChI is InChI=1S/C57H80O18/c1-24-14-31-8-10-34-25(2)15-33(62-34)12-13-56-53(59)57(60)52(75-56)51-50(74-57)49(73-56)48-35(66-51)11-9-32(64-48)17-43(58)68-47-30(7)46-39(65-38(47)18-36(63-31)29(24)6)19-37-41(67-46)22-55(69-37)23-42-45(72-55)27(4)21-54(71-42)20-26(3)44-40(70-54)16-28(5)61-44/h24,26-28,30-42,44-53,59-60H,2,6,8-23H2,1,3-5,7H3/t24-,26+,27+,28-,30+,31+,32-,33+,34?,35+,36?,37-,38+,39+,40+,41-,42+,44+,45+,46+,47?,48+,49+,50+,51?,52+,53+,54?,55+,56-,57?/m1/s1. The summed E-state index contributed by atoms with van der Waals surface area (Å²) in [6, 6.07) is 0. The van der Waals surface area contributed by atoms with Crippen molar-refractivity contribution >= 4 is 5.97 Å². The molecule has 16 rings (SSSR count). The summed E-state index contributed by atoms with van der Waals surface area (Å²) in [5.41, 5.74) is 2.04. The molecule has 12 bridgehead atoms. The Bertz CT molecular complexity index is 2290. The minimum absolute atomic E-state index is 0.0109. The second-order valence-corrected chi connectivity index (χ2v) is 26.4. The van der Waals surface area contributed by atoms with E-state index >= 15 is 0 Å². The molecule has 75 heavy (non-hydrogen) atoms. The lowest BCUT2D eigenvalue weighted by Crippen LogP contribution is -2.63. The van der Waals surface area contributed by atoms with Crippen LogP contribution in [-0.4, -0.2) is 180 Å². The van der Waals surface area contributed by atoms with E-state index in [2.05, 4.69) is 47.8 Å². The van der Waals surface area contributed by atoms with Crippen LogP contribution in [0.15, 0.2) is 24.3 Å². The average molecular weight is 1050 g/mol. The van der Waals surface area contributed by atoms with Crippen LogP contribution < -0.4 is 0 Å². The summed E-state index contributed by atoms with van der Waals surface area (Å²) in [7, 11) is 0. The van der Waals surface area contributed by atoms with Crippen LogP contribution in [0, 0.1) is 23.7 Å². The Morgan fingerprint density at radius 1 is 0.507 bits per heavy atom. The molecular formula is C57H80O18. The van der Waals surface area contributed by atoms with Gasteiger partial charge in [0, 0.05) is 57.3 Å². The van der Waals surface area contributed by atoms with Crippen molar-refractivity contribution in [2.24, 2.45) is 23.7 Å². The highest BCUT2D eigenvalue weighted by atomic mass is 16.8. The zero-order valence-electron chi connectivity index (χ0n) is 44.2. The number of rotatable bonds is 0. The lowest BCUT2D eigenvalue weighted by molar-refractivity contribution is -0.347. The molecule has 0 amide bonds. The van der Waals surface area contributed by atoms with Crippen LogP contribution in [0.1, 0.15) is 137 Å². The predicted molar refractivity (Wildman–Crippen MR) is 258 cm³/mol. The number of esters is 1. The second-order valence-electron chi connectivity index (χ2n) is 26.4. The number of aliphatic hydroxyl groups is 2. The zero-order valence-corrected chi connectivity index (χ0v) is 44.2. The van der Waals surface area contributed by atoms with E-state index in [1.165, 1.54) is 0 Å². The largest absolute Gasteiger partial charge is 0.459 e. The van der Waals surface area contributed by atoms with Gasteiger partial charge in [0.1, 0.15) is 36.6 Å². The maximum Gasteiger partial charge on any atom is 0.308 e. The summed E-state index contributed by atoms with van der Waals surface area (Å²) in [5.74, 6) is -5.06. The van der Waals surface area contributed by atoms with Crippen molar-refractivity contribution in [1.82, 2.24) is 0 Å². The van der Waals surface area contributed by atoms with Crippen LogP contribution >= 0.6 is 0 Å². The third-order valence-electron chi connectivity index (χ3n) is 21.2. The average Bonchev–Trinajstić information content (AvgIpc) is 4.18. The molecule has 16 aliphatic heterocycles. The minimum atomic E-state index is -2.02. The summed E-state index contributed by atoms with van der Waals surface area (Å²) >= 11 is 0. The van der Waals surface area contributed by atoms with Crippen LogP contribution in [0.2, 0.25) is 0 Å². The van der Waals surface area contributed by atoms with Gasteiger partial charge in [-0.2, -0.15) is 0 Å². The SMILES string of the molecule is C=C1C[C@@H]2CC[C@]34O[C@H]5[C@H]6O[C@H](CC[C@@H]6OC6[C@H]5OC(O)([C@H]3O)[C@H]6O4)CC(=O)OC3[C@H](CC4O[C@@H](CCC1O2)C[C@@H](C)C4=C)O[C@H]1C[C@H]2O[C@@]4(C[C@@H]5OC6(C[C@H](C)[C@@H]7O[C@H](C)C[C@@H]7O6)C[C@H](C)[C@@H]5O4)C[C@H]2O[C@H]1[C@@H]3C. The first-order valence-electron chi connectivity index (χ1n) is 29.2. The van der Waals surface area contributed by atoms with Gasteiger partial charge in [-0.05, 0) is 80.8 Å². The first kappa shape index (κ1) is 50.3. The van der Waals surface area contributed by atoms with E-state index < -0.39 is 90.2 Å². The van der Waals surface area contributed by atoms with Gasteiger partial charge in [0.25, 0.3) is 0 Å². The Balaban J connectivity index is 0.684. The molecule has 0 aromatic rings.